The summed E-state index contributed by atoms with van der Waals surface area (Å²) >= 11 is 0. The van der Waals surface area contributed by atoms with E-state index in [9.17, 15) is 18.4 Å². The Kier molecular flexibility index (Phi) is 3.99. The number of hydrogen-bond acceptors (Lipinski definition) is 5. The summed E-state index contributed by atoms with van der Waals surface area (Å²) in [7, 11) is 0. The van der Waals surface area contributed by atoms with Gasteiger partial charge in [0.1, 0.15) is 5.78 Å². The Hall–Kier alpha value is -3.55. The number of pyridine rings is 2. The molecule has 5 rings (SSSR count). The third kappa shape index (κ3) is 3.14. The Morgan fingerprint density at radius 3 is 2.63 bits per heavy atom. The van der Waals surface area contributed by atoms with Crippen molar-refractivity contribution >= 4 is 5.78 Å². The number of benzene rings is 1. The fourth-order valence-corrected chi connectivity index (χ4v) is 3.79. The molecule has 1 aliphatic heterocycles. The summed E-state index contributed by atoms with van der Waals surface area (Å²) in [5.41, 5.74) is 1.08. The summed E-state index contributed by atoms with van der Waals surface area (Å²) in [6.45, 7) is 0. The van der Waals surface area contributed by atoms with Gasteiger partial charge in [0, 0.05) is 18.3 Å². The van der Waals surface area contributed by atoms with Crippen molar-refractivity contribution in [3.8, 4) is 22.8 Å². The summed E-state index contributed by atoms with van der Waals surface area (Å²) in [4.78, 5) is 32.2. The first-order chi connectivity index (χ1) is 14.4. The highest BCUT2D eigenvalue weighted by molar-refractivity contribution is 5.94. The highest BCUT2D eigenvalue weighted by Gasteiger charge is 2.52. The number of halogens is 2. The zero-order valence-electron chi connectivity index (χ0n) is 15.7. The number of ketones is 1. The molecule has 0 unspecified atom stereocenters. The lowest BCUT2D eigenvalue weighted by atomic mass is 9.88. The molecule has 1 N–H and O–H groups in total. The van der Waals surface area contributed by atoms with Crippen molar-refractivity contribution in [2.45, 2.75) is 31.0 Å². The molecule has 0 spiro atoms. The molecule has 1 saturated carbocycles. The van der Waals surface area contributed by atoms with Gasteiger partial charge in [0.05, 0.1) is 16.7 Å². The number of carbonyl (C=O) groups excluding carboxylic acids is 1. The number of aromatic nitrogens is 2. The molecule has 152 valence electrons. The number of nitrogens with zero attached hydrogens (tertiary/aromatic N) is 1. The maximum atomic E-state index is 13.3. The van der Waals surface area contributed by atoms with Crippen LogP contribution in [0.15, 0.2) is 59.5 Å². The van der Waals surface area contributed by atoms with Gasteiger partial charge in [-0.05, 0) is 54.8 Å². The fraction of sp³-hybridized carbons (Fsp3) is 0.227. The van der Waals surface area contributed by atoms with Gasteiger partial charge in [0.25, 0.3) is 5.56 Å². The fourth-order valence-electron chi connectivity index (χ4n) is 3.79. The molecule has 2 aliphatic rings. The van der Waals surface area contributed by atoms with Gasteiger partial charge in [-0.25, -0.2) is 0 Å². The van der Waals surface area contributed by atoms with Gasteiger partial charge in [0.2, 0.25) is 0 Å². The van der Waals surface area contributed by atoms with Crippen LogP contribution in [0.25, 0.3) is 11.3 Å². The second kappa shape index (κ2) is 6.48. The zero-order valence-corrected chi connectivity index (χ0v) is 15.7. The molecule has 1 aromatic carbocycles. The average molecular weight is 410 g/mol. The van der Waals surface area contributed by atoms with E-state index in [1.54, 1.807) is 36.4 Å². The van der Waals surface area contributed by atoms with Crippen LogP contribution in [-0.2, 0) is 16.6 Å². The monoisotopic (exact) mass is 410 g/mol. The Morgan fingerprint density at radius 1 is 1.07 bits per heavy atom. The molecule has 0 radical (unpaired) electrons. The standard InChI is InChI=1S/C22H16F2N2O4/c23-22(24)29-17-7-6-13(11-18(17)30-22)21(8-9-21)19(27)12-14-3-1-5-16(26-14)15-4-2-10-25-20(15)28/h1-7,10-11H,8-9,12H2,(H,25,28). The highest BCUT2D eigenvalue weighted by Crippen LogP contribution is 2.52. The van der Waals surface area contributed by atoms with Crippen LogP contribution in [0.2, 0.25) is 0 Å². The first-order valence-corrected chi connectivity index (χ1v) is 9.44. The van der Waals surface area contributed by atoms with Gasteiger partial charge in [0.15, 0.2) is 11.5 Å². The van der Waals surface area contributed by atoms with E-state index in [2.05, 4.69) is 19.4 Å². The van der Waals surface area contributed by atoms with Gasteiger partial charge in [-0.2, -0.15) is 0 Å². The lowest BCUT2D eigenvalue weighted by Crippen LogP contribution is -2.26. The summed E-state index contributed by atoms with van der Waals surface area (Å²) in [6, 6.07) is 13.0. The number of carbonyl (C=O) groups is 1. The SMILES string of the molecule is O=C(Cc1cccc(-c2ccc[nH]c2=O)n1)C1(c2ccc3c(c2)OC(F)(F)O3)CC1. The van der Waals surface area contributed by atoms with E-state index in [1.807, 2.05) is 0 Å². The average Bonchev–Trinajstić information content (AvgIpc) is 3.46. The minimum absolute atomic E-state index is 0.0468. The number of alkyl halides is 2. The van der Waals surface area contributed by atoms with E-state index in [4.69, 9.17) is 0 Å². The van der Waals surface area contributed by atoms with Crippen molar-refractivity contribution in [1.29, 1.82) is 0 Å². The topological polar surface area (TPSA) is 81.3 Å². The van der Waals surface area contributed by atoms with E-state index in [1.165, 1.54) is 18.3 Å². The second-order valence-corrected chi connectivity index (χ2v) is 7.44. The minimum atomic E-state index is -3.69. The number of fused-ring (bicyclic) bond motifs is 1. The molecule has 0 saturated heterocycles. The van der Waals surface area contributed by atoms with Crippen molar-refractivity contribution in [3.05, 3.63) is 76.3 Å². The predicted molar refractivity (Wildman–Crippen MR) is 103 cm³/mol. The van der Waals surface area contributed by atoms with Gasteiger partial charge < -0.3 is 14.5 Å². The van der Waals surface area contributed by atoms with Crippen LogP contribution in [0.1, 0.15) is 24.1 Å². The molecule has 1 fully saturated rings. The number of nitrogens with one attached hydrogen (secondary N) is 1. The molecule has 2 aromatic heterocycles. The van der Waals surface area contributed by atoms with E-state index in [-0.39, 0.29) is 29.3 Å². The molecule has 0 bridgehead atoms. The van der Waals surface area contributed by atoms with Crippen molar-refractivity contribution in [2.24, 2.45) is 0 Å². The maximum absolute atomic E-state index is 13.3. The molecule has 6 nitrogen and oxygen atoms in total. The lowest BCUT2D eigenvalue weighted by molar-refractivity contribution is -0.286. The number of H-pyrrole nitrogens is 1. The van der Waals surface area contributed by atoms with Crippen LogP contribution in [0.5, 0.6) is 11.5 Å². The van der Waals surface area contributed by atoms with Gasteiger partial charge in [-0.15, -0.1) is 8.78 Å². The first-order valence-electron chi connectivity index (χ1n) is 9.44. The molecule has 3 heterocycles. The van der Waals surface area contributed by atoms with E-state index in [0.717, 1.165) is 0 Å². The largest absolute Gasteiger partial charge is 0.586 e. The molecule has 8 heteroatoms. The first kappa shape index (κ1) is 18.5. The Bertz CT molecular complexity index is 1220. The van der Waals surface area contributed by atoms with Crippen LogP contribution in [0, 0.1) is 0 Å². The Labute approximate surface area is 169 Å². The number of rotatable bonds is 5. The molecule has 1 aliphatic carbocycles. The molecule has 30 heavy (non-hydrogen) atoms. The quantitative estimate of drug-likeness (QED) is 0.695. The van der Waals surface area contributed by atoms with E-state index >= 15 is 0 Å². The third-order valence-electron chi connectivity index (χ3n) is 5.48. The summed E-state index contributed by atoms with van der Waals surface area (Å²) in [5.74, 6) is -0.172. The molecule has 3 aromatic rings. The van der Waals surface area contributed by atoms with Crippen molar-refractivity contribution in [3.63, 3.8) is 0 Å². The number of ether oxygens (including phenoxy) is 2. The number of aromatic amines is 1. The maximum Gasteiger partial charge on any atom is 0.586 e. The lowest BCUT2D eigenvalue weighted by Gasteiger charge is -2.15. The van der Waals surface area contributed by atoms with Crippen LogP contribution < -0.4 is 15.0 Å². The van der Waals surface area contributed by atoms with E-state index in [0.29, 0.717) is 35.4 Å². The minimum Gasteiger partial charge on any atom is -0.395 e. The van der Waals surface area contributed by atoms with E-state index < -0.39 is 11.7 Å². The Balaban J connectivity index is 1.40. The molecular weight excluding hydrogens is 394 g/mol. The predicted octanol–water partition coefficient (Wildman–Crippen LogP) is 3.60. The third-order valence-corrected chi connectivity index (χ3v) is 5.48. The molecule has 0 amide bonds. The summed E-state index contributed by atoms with van der Waals surface area (Å²) in [6.07, 6.45) is -0.832. The van der Waals surface area contributed by atoms with Crippen molar-refractivity contribution in [1.82, 2.24) is 9.97 Å². The van der Waals surface area contributed by atoms with Gasteiger partial charge in [-0.1, -0.05) is 12.1 Å². The normalized spacial score (nSPS) is 17.5. The molecule has 0 atom stereocenters. The summed E-state index contributed by atoms with van der Waals surface area (Å²) in [5, 5.41) is 0. The number of hydrogen-bond donors (Lipinski definition) is 1. The van der Waals surface area contributed by atoms with Crippen molar-refractivity contribution in [2.75, 3.05) is 0 Å². The summed E-state index contributed by atoms with van der Waals surface area (Å²) < 4.78 is 35.5. The van der Waals surface area contributed by atoms with Crippen LogP contribution in [0.3, 0.4) is 0 Å². The zero-order chi connectivity index (χ0) is 20.9. The van der Waals surface area contributed by atoms with Crippen molar-refractivity contribution < 1.29 is 23.0 Å². The second-order valence-electron chi connectivity index (χ2n) is 7.44. The van der Waals surface area contributed by atoms with Crippen LogP contribution in [0.4, 0.5) is 8.78 Å². The number of Topliss-reactive ketones (excluding diaryl/α,β-unsaturated/α-hetero) is 1. The Morgan fingerprint density at radius 2 is 1.87 bits per heavy atom. The van der Waals surface area contributed by atoms with Crippen LogP contribution in [-0.4, -0.2) is 22.0 Å². The molecular formula is C22H16F2N2O4. The highest BCUT2D eigenvalue weighted by atomic mass is 19.3. The van der Waals surface area contributed by atoms with Gasteiger partial charge >= 0.3 is 6.29 Å². The van der Waals surface area contributed by atoms with Crippen LogP contribution >= 0.6 is 0 Å². The smallest absolute Gasteiger partial charge is 0.395 e. The van der Waals surface area contributed by atoms with Gasteiger partial charge in [-0.3, -0.25) is 14.6 Å².